The molecule has 0 spiro atoms. The van der Waals surface area contributed by atoms with Gasteiger partial charge in [-0.2, -0.15) is 0 Å². The van der Waals surface area contributed by atoms with Gasteiger partial charge < -0.3 is 20.3 Å². The number of nitrogens with one attached hydrogen (secondary N) is 1. The molecule has 0 radical (unpaired) electrons. The first-order valence-electron chi connectivity index (χ1n) is 25.1. The van der Waals surface area contributed by atoms with Gasteiger partial charge in [-0.25, -0.2) is 0 Å². The van der Waals surface area contributed by atoms with Gasteiger partial charge in [0.25, 0.3) is 0 Å². The molecular formula is C51H97NO5. The SMILES string of the molecule is CCCCCCCCCCCCCCCCC(=O)OCCCCC/C=C\C/C=C\CCCCCCCCCC(=O)NC(CO)C(O)CCCCCCCCCCC. The van der Waals surface area contributed by atoms with Crippen molar-refractivity contribution in [3.05, 3.63) is 24.3 Å². The summed E-state index contributed by atoms with van der Waals surface area (Å²) in [6.45, 7) is 4.88. The van der Waals surface area contributed by atoms with Crippen LogP contribution in [-0.4, -0.2) is 47.4 Å². The number of ether oxygens (including phenoxy) is 1. The Bertz CT molecular complexity index is 889. The van der Waals surface area contributed by atoms with Crippen LogP contribution in [0, 0.1) is 0 Å². The van der Waals surface area contributed by atoms with Gasteiger partial charge in [0.05, 0.1) is 25.4 Å². The lowest BCUT2D eigenvalue weighted by molar-refractivity contribution is -0.143. The molecular weight excluding hydrogens is 707 g/mol. The quantitative estimate of drug-likeness (QED) is 0.0324. The van der Waals surface area contributed by atoms with Crippen LogP contribution in [0.1, 0.15) is 264 Å². The van der Waals surface area contributed by atoms with E-state index in [1.165, 1.54) is 148 Å². The number of carbonyl (C=O) groups is 2. The minimum absolute atomic E-state index is 0.0138. The molecule has 0 rings (SSSR count). The first-order valence-corrected chi connectivity index (χ1v) is 25.1. The normalized spacial score (nSPS) is 12.8. The summed E-state index contributed by atoms with van der Waals surface area (Å²) in [4.78, 5) is 24.4. The molecule has 0 aliphatic carbocycles. The van der Waals surface area contributed by atoms with Gasteiger partial charge in [0.1, 0.15) is 0 Å². The Morgan fingerprint density at radius 3 is 1.33 bits per heavy atom. The Balaban J connectivity index is 3.47. The van der Waals surface area contributed by atoms with Crippen molar-refractivity contribution in [2.24, 2.45) is 0 Å². The summed E-state index contributed by atoms with van der Waals surface area (Å²) < 4.78 is 5.44. The molecule has 57 heavy (non-hydrogen) atoms. The first-order chi connectivity index (χ1) is 28.0. The summed E-state index contributed by atoms with van der Waals surface area (Å²) in [5.41, 5.74) is 0. The first kappa shape index (κ1) is 55.3. The third kappa shape index (κ3) is 43.7. The molecule has 0 saturated heterocycles. The van der Waals surface area contributed by atoms with Gasteiger partial charge in [-0.1, -0.05) is 212 Å². The zero-order valence-corrected chi connectivity index (χ0v) is 38.1. The second-order valence-corrected chi connectivity index (χ2v) is 17.1. The fourth-order valence-electron chi connectivity index (χ4n) is 7.61. The van der Waals surface area contributed by atoms with Gasteiger partial charge in [0.15, 0.2) is 0 Å². The van der Waals surface area contributed by atoms with Crippen LogP contribution in [0.15, 0.2) is 24.3 Å². The lowest BCUT2D eigenvalue weighted by atomic mass is 10.0. The Kier molecular flexibility index (Phi) is 45.7. The van der Waals surface area contributed by atoms with Crippen LogP contribution in [0.2, 0.25) is 0 Å². The van der Waals surface area contributed by atoms with Crippen LogP contribution in [0.3, 0.4) is 0 Å². The zero-order chi connectivity index (χ0) is 41.5. The van der Waals surface area contributed by atoms with Gasteiger partial charge in [-0.05, 0) is 64.2 Å². The van der Waals surface area contributed by atoms with E-state index in [2.05, 4.69) is 43.5 Å². The van der Waals surface area contributed by atoms with Crippen LogP contribution >= 0.6 is 0 Å². The molecule has 0 aliphatic heterocycles. The minimum atomic E-state index is -0.672. The predicted molar refractivity (Wildman–Crippen MR) is 246 cm³/mol. The fourth-order valence-corrected chi connectivity index (χ4v) is 7.61. The minimum Gasteiger partial charge on any atom is -0.466 e. The highest BCUT2D eigenvalue weighted by atomic mass is 16.5. The second-order valence-electron chi connectivity index (χ2n) is 17.1. The van der Waals surface area contributed by atoms with Crippen LogP contribution < -0.4 is 5.32 Å². The van der Waals surface area contributed by atoms with Gasteiger partial charge >= 0.3 is 5.97 Å². The Hall–Kier alpha value is -1.66. The number of esters is 1. The predicted octanol–water partition coefficient (Wildman–Crippen LogP) is 14.7. The average Bonchev–Trinajstić information content (AvgIpc) is 3.21. The van der Waals surface area contributed by atoms with Crippen LogP contribution in [-0.2, 0) is 14.3 Å². The molecule has 2 unspecified atom stereocenters. The smallest absolute Gasteiger partial charge is 0.305 e. The van der Waals surface area contributed by atoms with Gasteiger partial charge in [-0.3, -0.25) is 9.59 Å². The summed E-state index contributed by atoms with van der Waals surface area (Å²) in [7, 11) is 0. The highest BCUT2D eigenvalue weighted by molar-refractivity contribution is 5.76. The van der Waals surface area contributed by atoms with E-state index in [1.807, 2.05) is 0 Å². The molecule has 6 nitrogen and oxygen atoms in total. The zero-order valence-electron chi connectivity index (χ0n) is 38.1. The van der Waals surface area contributed by atoms with Crippen molar-refractivity contribution in [1.29, 1.82) is 0 Å². The average molecular weight is 804 g/mol. The van der Waals surface area contributed by atoms with E-state index in [9.17, 15) is 19.8 Å². The number of carbonyl (C=O) groups excluding carboxylic acids is 2. The number of amides is 1. The third-order valence-electron chi connectivity index (χ3n) is 11.5. The summed E-state index contributed by atoms with van der Waals surface area (Å²) >= 11 is 0. The molecule has 0 bridgehead atoms. The number of unbranched alkanes of at least 4 members (excludes halogenated alkanes) is 31. The molecule has 336 valence electrons. The van der Waals surface area contributed by atoms with E-state index >= 15 is 0 Å². The van der Waals surface area contributed by atoms with Crippen LogP contribution in [0.5, 0.6) is 0 Å². The molecule has 1 amide bonds. The number of hydrogen-bond acceptors (Lipinski definition) is 5. The summed E-state index contributed by atoms with van der Waals surface area (Å²) in [6.07, 6.45) is 54.4. The van der Waals surface area contributed by atoms with Crippen molar-refractivity contribution in [2.75, 3.05) is 13.2 Å². The molecule has 0 aromatic carbocycles. The Morgan fingerprint density at radius 1 is 0.491 bits per heavy atom. The number of rotatable bonds is 46. The number of aliphatic hydroxyl groups is 2. The topological polar surface area (TPSA) is 95.9 Å². The number of aliphatic hydroxyl groups excluding tert-OH is 2. The van der Waals surface area contributed by atoms with Crippen molar-refractivity contribution in [3.8, 4) is 0 Å². The molecule has 0 fully saturated rings. The maximum atomic E-state index is 12.4. The molecule has 3 N–H and O–H groups in total. The van der Waals surface area contributed by atoms with E-state index in [4.69, 9.17) is 4.74 Å². The summed E-state index contributed by atoms with van der Waals surface area (Å²) in [5, 5.41) is 23.0. The van der Waals surface area contributed by atoms with Crippen molar-refractivity contribution in [3.63, 3.8) is 0 Å². The Morgan fingerprint density at radius 2 is 0.877 bits per heavy atom. The molecule has 0 saturated carbocycles. The maximum absolute atomic E-state index is 12.4. The highest BCUT2D eigenvalue weighted by Crippen LogP contribution is 2.16. The van der Waals surface area contributed by atoms with Crippen molar-refractivity contribution in [1.82, 2.24) is 5.32 Å². The van der Waals surface area contributed by atoms with Crippen LogP contribution in [0.25, 0.3) is 0 Å². The molecule has 0 aliphatic rings. The van der Waals surface area contributed by atoms with Crippen molar-refractivity contribution >= 4 is 11.9 Å². The van der Waals surface area contributed by atoms with E-state index in [0.29, 0.717) is 25.9 Å². The van der Waals surface area contributed by atoms with E-state index in [0.717, 1.165) is 83.5 Å². The van der Waals surface area contributed by atoms with E-state index in [-0.39, 0.29) is 18.5 Å². The monoisotopic (exact) mass is 804 g/mol. The molecule has 6 heteroatoms. The van der Waals surface area contributed by atoms with Gasteiger partial charge in [0.2, 0.25) is 5.91 Å². The van der Waals surface area contributed by atoms with Gasteiger partial charge in [0, 0.05) is 12.8 Å². The summed E-state index contributed by atoms with van der Waals surface area (Å²) in [5.74, 6) is -0.0678. The molecule has 2 atom stereocenters. The molecule has 0 aromatic rings. The fraction of sp³-hybridized carbons (Fsp3) is 0.882. The Labute approximate surface area is 354 Å². The number of allylic oxidation sites excluding steroid dienone is 4. The van der Waals surface area contributed by atoms with E-state index < -0.39 is 12.1 Å². The molecule has 0 heterocycles. The van der Waals surface area contributed by atoms with Crippen molar-refractivity contribution in [2.45, 2.75) is 276 Å². The standard InChI is InChI=1S/C51H97NO5/c1-3-5-7-9-11-13-14-15-22-25-29-33-37-41-45-51(56)57-46-42-38-34-30-26-23-20-18-16-17-19-21-24-28-32-36-40-44-50(55)52-48(47-53)49(54)43-39-35-31-27-12-10-8-6-4-2/h16,18,23,26,48-49,53-54H,3-15,17,19-22,24-25,27-47H2,1-2H3,(H,52,55)/b18-16-,26-23-. The lowest BCUT2D eigenvalue weighted by Gasteiger charge is -2.22. The largest absolute Gasteiger partial charge is 0.466 e. The van der Waals surface area contributed by atoms with Crippen LogP contribution in [0.4, 0.5) is 0 Å². The summed E-state index contributed by atoms with van der Waals surface area (Å²) in [6, 6.07) is -0.551. The van der Waals surface area contributed by atoms with Crippen molar-refractivity contribution < 1.29 is 24.5 Å². The molecule has 0 aromatic heterocycles. The third-order valence-corrected chi connectivity index (χ3v) is 11.5. The van der Waals surface area contributed by atoms with E-state index in [1.54, 1.807) is 0 Å². The highest BCUT2D eigenvalue weighted by Gasteiger charge is 2.20. The maximum Gasteiger partial charge on any atom is 0.305 e. The second kappa shape index (κ2) is 47.0. The lowest BCUT2D eigenvalue weighted by Crippen LogP contribution is -2.45. The number of hydrogen-bond donors (Lipinski definition) is 3. The van der Waals surface area contributed by atoms with Gasteiger partial charge in [-0.15, -0.1) is 0 Å².